The van der Waals surface area contributed by atoms with Crippen LogP contribution in [0.25, 0.3) is 0 Å². The zero-order valence-corrected chi connectivity index (χ0v) is 19.3. The SMILES string of the molecule is CC(C)CC(C(=O)N1CCCN(Cc2ccccc2)CC1)N1C(=O)C2CC=CCC2C1=O. The molecule has 3 aliphatic rings. The lowest BCUT2D eigenvalue weighted by Gasteiger charge is -2.32. The first-order valence-electron chi connectivity index (χ1n) is 12.0. The summed E-state index contributed by atoms with van der Waals surface area (Å²) in [5, 5.41) is 0. The van der Waals surface area contributed by atoms with Crippen molar-refractivity contribution in [3.05, 3.63) is 48.0 Å². The van der Waals surface area contributed by atoms with Crippen LogP contribution in [0.5, 0.6) is 0 Å². The van der Waals surface area contributed by atoms with Gasteiger partial charge in [0.1, 0.15) is 6.04 Å². The van der Waals surface area contributed by atoms with Crippen LogP contribution in [0.2, 0.25) is 0 Å². The third-order valence-corrected chi connectivity index (χ3v) is 6.98. The molecule has 3 atom stereocenters. The molecule has 2 heterocycles. The number of amides is 3. The molecule has 4 rings (SSSR count). The van der Waals surface area contributed by atoms with E-state index in [2.05, 4.69) is 29.2 Å². The summed E-state index contributed by atoms with van der Waals surface area (Å²) >= 11 is 0. The van der Waals surface area contributed by atoms with Gasteiger partial charge in [0.2, 0.25) is 17.7 Å². The van der Waals surface area contributed by atoms with E-state index < -0.39 is 6.04 Å². The first-order chi connectivity index (χ1) is 15.5. The molecule has 2 saturated heterocycles. The highest BCUT2D eigenvalue weighted by molar-refractivity contribution is 6.08. The number of nitrogens with zero attached hydrogens (tertiary/aromatic N) is 3. The highest BCUT2D eigenvalue weighted by atomic mass is 16.2. The van der Waals surface area contributed by atoms with Gasteiger partial charge in [0.05, 0.1) is 11.8 Å². The molecule has 0 spiro atoms. The van der Waals surface area contributed by atoms with Gasteiger partial charge in [0, 0.05) is 32.7 Å². The molecule has 1 aliphatic carbocycles. The topological polar surface area (TPSA) is 60.9 Å². The van der Waals surface area contributed by atoms with Gasteiger partial charge in [0.15, 0.2) is 0 Å². The van der Waals surface area contributed by atoms with Crippen molar-refractivity contribution in [2.45, 2.75) is 52.1 Å². The van der Waals surface area contributed by atoms with Crippen LogP contribution < -0.4 is 0 Å². The summed E-state index contributed by atoms with van der Waals surface area (Å²) in [6.07, 6.45) is 6.60. The van der Waals surface area contributed by atoms with Crippen LogP contribution >= 0.6 is 0 Å². The molecule has 0 N–H and O–H groups in total. The number of allylic oxidation sites excluding steroid dienone is 2. The quantitative estimate of drug-likeness (QED) is 0.507. The van der Waals surface area contributed by atoms with Crippen LogP contribution in [-0.4, -0.2) is 64.6 Å². The van der Waals surface area contributed by atoms with E-state index in [1.54, 1.807) is 0 Å². The molecule has 0 bridgehead atoms. The van der Waals surface area contributed by atoms with Crippen molar-refractivity contribution in [1.82, 2.24) is 14.7 Å². The Kier molecular flexibility index (Phi) is 7.09. The largest absolute Gasteiger partial charge is 0.340 e. The molecule has 3 unspecified atom stereocenters. The summed E-state index contributed by atoms with van der Waals surface area (Å²) in [4.78, 5) is 45.6. The molecule has 3 amide bonds. The molecule has 1 aromatic rings. The number of rotatable bonds is 6. The van der Waals surface area contributed by atoms with Gasteiger partial charge in [-0.15, -0.1) is 0 Å². The average molecular weight is 438 g/mol. The molecule has 2 fully saturated rings. The van der Waals surface area contributed by atoms with Gasteiger partial charge in [-0.25, -0.2) is 0 Å². The zero-order valence-electron chi connectivity index (χ0n) is 19.3. The highest BCUT2D eigenvalue weighted by Gasteiger charge is 2.51. The maximum Gasteiger partial charge on any atom is 0.245 e. The molecule has 2 aliphatic heterocycles. The summed E-state index contributed by atoms with van der Waals surface area (Å²) < 4.78 is 0. The van der Waals surface area contributed by atoms with E-state index in [1.807, 2.05) is 37.0 Å². The summed E-state index contributed by atoms with van der Waals surface area (Å²) in [5.41, 5.74) is 1.27. The van der Waals surface area contributed by atoms with Gasteiger partial charge in [-0.05, 0) is 37.2 Å². The normalized spacial score (nSPS) is 25.2. The predicted octanol–water partition coefficient (Wildman–Crippen LogP) is 3.09. The van der Waals surface area contributed by atoms with Gasteiger partial charge in [-0.1, -0.05) is 56.3 Å². The number of hydrogen-bond acceptors (Lipinski definition) is 4. The maximum absolute atomic E-state index is 13.7. The third kappa shape index (κ3) is 4.80. The number of carbonyl (C=O) groups excluding carboxylic acids is 3. The van der Waals surface area contributed by atoms with Crippen molar-refractivity contribution in [3.63, 3.8) is 0 Å². The van der Waals surface area contributed by atoms with E-state index in [1.165, 1.54) is 10.5 Å². The lowest BCUT2D eigenvalue weighted by molar-refractivity contribution is -0.152. The minimum absolute atomic E-state index is 0.0615. The zero-order chi connectivity index (χ0) is 22.7. The second kappa shape index (κ2) is 9.99. The van der Waals surface area contributed by atoms with Crippen LogP contribution in [0, 0.1) is 17.8 Å². The summed E-state index contributed by atoms with van der Waals surface area (Å²) in [5.74, 6) is -0.728. The fourth-order valence-electron chi connectivity index (χ4n) is 5.30. The van der Waals surface area contributed by atoms with E-state index in [0.717, 1.165) is 26.1 Å². The van der Waals surface area contributed by atoms with Gasteiger partial charge < -0.3 is 4.90 Å². The van der Waals surface area contributed by atoms with E-state index >= 15 is 0 Å². The Balaban J connectivity index is 1.46. The van der Waals surface area contributed by atoms with Crippen molar-refractivity contribution >= 4 is 17.7 Å². The molecule has 6 heteroatoms. The smallest absolute Gasteiger partial charge is 0.245 e. The fourth-order valence-corrected chi connectivity index (χ4v) is 5.30. The maximum atomic E-state index is 13.7. The second-order valence-electron chi connectivity index (χ2n) is 9.79. The first kappa shape index (κ1) is 22.7. The monoisotopic (exact) mass is 437 g/mol. The van der Waals surface area contributed by atoms with E-state index in [-0.39, 0.29) is 35.5 Å². The van der Waals surface area contributed by atoms with Crippen molar-refractivity contribution < 1.29 is 14.4 Å². The summed E-state index contributed by atoms with van der Waals surface area (Å²) in [7, 11) is 0. The highest BCUT2D eigenvalue weighted by Crippen LogP contribution is 2.37. The van der Waals surface area contributed by atoms with Crippen LogP contribution in [-0.2, 0) is 20.9 Å². The third-order valence-electron chi connectivity index (χ3n) is 6.98. The Bertz CT molecular complexity index is 840. The van der Waals surface area contributed by atoms with Crippen LogP contribution in [0.1, 0.15) is 45.1 Å². The van der Waals surface area contributed by atoms with E-state index in [0.29, 0.717) is 32.4 Å². The predicted molar refractivity (Wildman–Crippen MR) is 123 cm³/mol. The minimum Gasteiger partial charge on any atom is -0.340 e. The second-order valence-corrected chi connectivity index (χ2v) is 9.79. The molecule has 0 aromatic heterocycles. The Morgan fingerprint density at radius 1 is 0.938 bits per heavy atom. The average Bonchev–Trinajstić information content (AvgIpc) is 2.93. The number of likely N-dealkylation sites (tertiary alicyclic amines) is 1. The minimum atomic E-state index is -0.679. The summed E-state index contributed by atoms with van der Waals surface area (Å²) in [6, 6.07) is 9.71. The number of carbonyl (C=O) groups is 3. The fraction of sp³-hybridized carbons (Fsp3) is 0.577. The van der Waals surface area contributed by atoms with Crippen molar-refractivity contribution in [1.29, 1.82) is 0 Å². The molecule has 6 nitrogen and oxygen atoms in total. The van der Waals surface area contributed by atoms with Gasteiger partial charge in [0.25, 0.3) is 0 Å². The van der Waals surface area contributed by atoms with Crippen molar-refractivity contribution in [2.24, 2.45) is 17.8 Å². The Morgan fingerprint density at radius 2 is 1.59 bits per heavy atom. The first-order valence-corrected chi connectivity index (χ1v) is 12.0. The number of fused-ring (bicyclic) bond motifs is 1. The molecule has 172 valence electrons. The lowest BCUT2D eigenvalue weighted by atomic mass is 9.85. The Morgan fingerprint density at radius 3 is 2.22 bits per heavy atom. The van der Waals surface area contributed by atoms with Crippen LogP contribution in [0.3, 0.4) is 0 Å². The van der Waals surface area contributed by atoms with Crippen molar-refractivity contribution in [3.8, 4) is 0 Å². The molecular weight excluding hydrogens is 402 g/mol. The summed E-state index contributed by atoms with van der Waals surface area (Å²) in [6.45, 7) is 8.00. The van der Waals surface area contributed by atoms with Gasteiger partial charge in [-0.2, -0.15) is 0 Å². The molecule has 1 aromatic carbocycles. The number of benzene rings is 1. The van der Waals surface area contributed by atoms with E-state index in [4.69, 9.17) is 0 Å². The van der Waals surface area contributed by atoms with E-state index in [9.17, 15) is 14.4 Å². The molecule has 32 heavy (non-hydrogen) atoms. The Hall–Kier alpha value is -2.47. The van der Waals surface area contributed by atoms with Gasteiger partial charge >= 0.3 is 0 Å². The molecule has 0 radical (unpaired) electrons. The standard InChI is InChI=1S/C26H35N3O3/c1-19(2)17-23(29-24(30)21-11-6-7-12-22(21)25(29)31)26(32)28-14-8-13-27(15-16-28)18-20-9-4-3-5-10-20/h3-7,9-10,19,21-23H,8,11-18H2,1-2H3. The van der Waals surface area contributed by atoms with Crippen molar-refractivity contribution in [2.75, 3.05) is 26.2 Å². The van der Waals surface area contributed by atoms with Gasteiger partial charge in [-0.3, -0.25) is 24.2 Å². The van der Waals surface area contributed by atoms with Crippen LogP contribution in [0.4, 0.5) is 0 Å². The number of imide groups is 1. The lowest BCUT2D eigenvalue weighted by Crippen LogP contribution is -2.52. The van der Waals surface area contributed by atoms with Crippen LogP contribution in [0.15, 0.2) is 42.5 Å². The number of hydrogen-bond donors (Lipinski definition) is 0. The molecular formula is C26H35N3O3. The molecule has 0 saturated carbocycles. The Labute approximate surface area is 191 Å².